The molecule has 0 bridgehead atoms. The summed E-state index contributed by atoms with van der Waals surface area (Å²) in [4.78, 5) is 0. The van der Waals surface area contributed by atoms with Gasteiger partial charge in [0.1, 0.15) is 0 Å². The van der Waals surface area contributed by atoms with Crippen LogP contribution in [0.2, 0.25) is 5.02 Å². The normalized spacial score (nSPS) is 11.2. The first-order valence-corrected chi connectivity index (χ1v) is 4.92. The lowest BCUT2D eigenvalue weighted by Crippen LogP contribution is -2.22. The van der Waals surface area contributed by atoms with Crippen molar-refractivity contribution in [2.24, 2.45) is 21.7 Å². The lowest BCUT2D eigenvalue weighted by atomic mass is 10.1. The molecule has 80 valence electrons. The van der Waals surface area contributed by atoms with E-state index in [2.05, 4.69) is 10.2 Å². The molecule has 0 saturated heterocycles. The SMILES string of the molecule is CC/C(=N\N=C(N)N)c1cccc(Cl)c1. The Hall–Kier alpha value is -1.55. The highest BCUT2D eigenvalue weighted by Crippen LogP contribution is 2.13. The second kappa shape index (κ2) is 5.36. The molecule has 0 unspecified atom stereocenters. The van der Waals surface area contributed by atoms with E-state index in [0.717, 1.165) is 17.7 Å². The second-order valence-corrected chi connectivity index (χ2v) is 3.37. The van der Waals surface area contributed by atoms with Crippen molar-refractivity contribution in [3.63, 3.8) is 0 Å². The Balaban J connectivity index is 3.02. The second-order valence-electron chi connectivity index (χ2n) is 2.94. The molecule has 0 aliphatic rings. The third-order valence-electron chi connectivity index (χ3n) is 1.78. The molecule has 1 aromatic rings. The van der Waals surface area contributed by atoms with Gasteiger partial charge in [0.25, 0.3) is 0 Å². The lowest BCUT2D eigenvalue weighted by molar-refractivity contribution is 1.15. The average Bonchev–Trinajstić information content (AvgIpc) is 2.18. The summed E-state index contributed by atoms with van der Waals surface area (Å²) >= 11 is 5.87. The van der Waals surface area contributed by atoms with Crippen LogP contribution >= 0.6 is 11.6 Å². The van der Waals surface area contributed by atoms with Crippen LogP contribution in [0.5, 0.6) is 0 Å². The van der Waals surface area contributed by atoms with Crippen LogP contribution in [0.3, 0.4) is 0 Å². The highest BCUT2D eigenvalue weighted by Gasteiger charge is 2.01. The largest absolute Gasteiger partial charge is 0.369 e. The van der Waals surface area contributed by atoms with Crippen LogP contribution in [0.15, 0.2) is 34.5 Å². The Morgan fingerprint density at radius 3 is 2.60 bits per heavy atom. The van der Waals surface area contributed by atoms with Gasteiger partial charge in [-0.1, -0.05) is 30.7 Å². The van der Waals surface area contributed by atoms with Crippen molar-refractivity contribution in [3.05, 3.63) is 34.9 Å². The summed E-state index contributed by atoms with van der Waals surface area (Å²) in [7, 11) is 0. The van der Waals surface area contributed by atoms with E-state index in [0.29, 0.717) is 5.02 Å². The highest BCUT2D eigenvalue weighted by molar-refractivity contribution is 6.31. The van der Waals surface area contributed by atoms with Crippen LogP contribution in [-0.4, -0.2) is 11.7 Å². The zero-order valence-electron chi connectivity index (χ0n) is 8.44. The van der Waals surface area contributed by atoms with E-state index in [1.54, 1.807) is 6.07 Å². The van der Waals surface area contributed by atoms with E-state index in [4.69, 9.17) is 23.1 Å². The zero-order valence-corrected chi connectivity index (χ0v) is 9.20. The van der Waals surface area contributed by atoms with E-state index in [1.807, 2.05) is 25.1 Å². The molecule has 0 aliphatic heterocycles. The molecule has 0 heterocycles. The lowest BCUT2D eigenvalue weighted by Gasteiger charge is -2.02. The Labute approximate surface area is 93.6 Å². The molecule has 15 heavy (non-hydrogen) atoms. The van der Waals surface area contributed by atoms with Gasteiger partial charge in [0.2, 0.25) is 5.96 Å². The minimum atomic E-state index is -0.0528. The summed E-state index contributed by atoms with van der Waals surface area (Å²) < 4.78 is 0. The molecule has 4 nitrogen and oxygen atoms in total. The molecule has 5 heteroatoms. The fourth-order valence-electron chi connectivity index (χ4n) is 1.12. The quantitative estimate of drug-likeness (QED) is 0.466. The van der Waals surface area contributed by atoms with E-state index < -0.39 is 0 Å². The number of hydrogen-bond acceptors (Lipinski definition) is 2. The monoisotopic (exact) mass is 224 g/mol. The molecule has 0 atom stereocenters. The van der Waals surface area contributed by atoms with Crippen molar-refractivity contribution in [1.82, 2.24) is 0 Å². The van der Waals surface area contributed by atoms with E-state index in [-0.39, 0.29) is 5.96 Å². The number of nitrogens with zero attached hydrogens (tertiary/aromatic N) is 2. The minimum absolute atomic E-state index is 0.0528. The number of benzene rings is 1. The van der Waals surface area contributed by atoms with Gasteiger partial charge in [-0.15, -0.1) is 5.10 Å². The van der Waals surface area contributed by atoms with Crippen molar-refractivity contribution < 1.29 is 0 Å². The third-order valence-corrected chi connectivity index (χ3v) is 2.01. The van der Waals surface area contributed by atoms with Crippen LogP contribution in [-0.2, 0) is 0 Å². The average molecular weight is 225 g/mol. The van der Waals surface area contributed by atoms with Crippen molar-refractivity contribution in [3.8, 4) is 0 Å². The molecule has 1 rings (SSSR count). The number of rotatable bonds is 3. The van der Waals surface area contributed by atoms with E-state index in [9.17, 15) is 0 Å². The van der Waals surface area contributed by atoms with Crippen LogP contribution in [0.1, 0.15) is 18.9 Å². The van der Waals surface area contributed by atoms with E-state index in [1.165, 1.54) is 0 Å². The predicted octanol–water partition coefficient (Wildman–Crippen LogP) is 1.73. The van der Waals surface area contributed by atoms with Gasteiger partial charge in [-0.3, -0.25) is 0 Å². The first-order chi connectivity index (χ1) is 7.13. The molecule has 0 aliphatic carbocycles. The Morgan fingerprint density at radius 2 is 2.07 bits per heavy atom. The van der Waals surface area contributed by atoms with Gasteiger partial charge < -0.3 is 11.5 Å². The molecule has 0 fully saturated rings. The summed E-state index contributed by atoms with van der Waals surface area (Å²) in [6, 6.07) is 7.40. The first kappa shape index (κ1) is 11.5. The van der Waals surface area contributed by atoms with Gasteiger partial charge in [0.15, 0.2) is 0 Å². The summed E-state index contributed by atoms with van der Waals surface area (Å²) in [5, 5.41) is 8.23. The fraction of sp³-hybridized carbons (Fsp3) is 0.200. The molecule has 0 aromatic heterocycles. The van der Waals surface area contributed by atoms with Crippen molar-refractivity contribution in [2.75, 3.05) is 0 Å². The number of nitrogens with two attached hydrogens (primary N) is 2. The standard InChI is InChI=1S/C10H13ClN4/c1-2-9(14-15-10(12)13)7-4-3-5-8(11)6-7/h3-6H,2H2,1H3,(H4,12,13,15)/b14-9+. The van der Waals surface area contributed by atoms with Crippen molar-refractivity contribution in [2.45, 2.75) is 13.3 Å². The maximum Gasteiger partial charge on any atom is 0.211 e. The van der Waals surface area contributed by atoms with Gasteiger partial charge >= 0.3 is 0 Å². The zero-order chi connectivity index (χ0) is 11.3. The van der Waals surface area contributed by atoms with Crippen molar-refractivity contribution in [1.29, 1.82) is 0 Å². The molecule has 4 N–H and O–H groups in total. The van der Waals surface area contributed by atoms with Crippen LogP contribution in [0.4, 0.5) is 0 Å². The number of guanidine groups is 1. The minimum Gasteiger partial charge on any atom is -0.369 e. The predicted molar refractivity (Wildman–Crippen MR) is 64.1 cm³/mol. The maximum atomic E-state index is 5.87. The third kappa shape index (κ3) is 3.59. The number of halogens is 1. The maximum absolute atomic E-state index is 5.87. The van der Waals surface area contributed by atoms with Gasteiger partial charge in [0.05, 0.1) is 5.71 Å². The first-order valence-electron chi connectivity index (χ1n) is 4.55. The highest BCUT2D eigenvalue weighted by atomic mass is 35.5. The molecule has 0 saturated carbocycles. The van der Waals surface area contributed by atoms with Gasteiger partial charge in [0, 0.05) is 5.02 Å². The molecule has 0 amide bonds. The smallest absolute Gasteiger partial charge is 0.211 e. The van der Waals surface area contributed by atoms with Crippen LogP contribution in [0.25, 0.3) is 0 Å². The molecular formula is C10H13ClN4. The fourth-order valence-corrected chi connectivity index (χ4v) is 1.31. The Kier molecular flexibility index (Phi) is 4.12. The van der Waals surface area contributed by atoms with Gasteiger partial charge in [-0.25, -0.2) is 0 Å². The van der Waals surface area contributed by atoms with Crippen LogP contribution in [0, 0.1) is 0 Å². The van der Waals surface area contributed by atoms with Gasteiger partial charge in [-0.05, 0) is 24.1 Å². The summed E-state index contributed by atoms with van der Waals surface area (Å²) in [5.74, 6) is -0.0528. The molecule has 0 radical (unpaired) electrons. The summed E-state index contributed by atoms with van der Waals surface area (Å²) in [5.41, 5.74) is 12.1. The summed E-state index contributed by atoms with van der Waals surface area (Å²) in [6.07, 6.45) is 0.733. The number of hydrogen-bond donors (Lipinski definition) is 2. The van der Waals surface area contributed by atoms with Gasteiger partial charge in [-0.2, -0.15) is 5.10 Å². The molecule has 0 spiro atoms. The topological polar surface area (TPSA) is 76.8 Å². The molecule has 1 aromatic carbocycles. The summed E-state index contributed by atoms with van der Waals surface area (Å²) in [6.45, 7) is 1.97. The van der Waals surface area contributed by atoms with Crippen LogP contribution < -0.4 is 11.5 Å². The molecular weight excluding hydrogens is 212 g/mol. The Morgan fingerprint density at radius 1 is 1.33 bits per heavy atom. The Bertz CT molecular complexity index is 394. The van der Waals surface area contributed by atoms with Crippen molar-refractivity contribution >= 4 is 23.3 Å². The van der Waals surface area contributed by atoms with E-state index >= 15 is 0 Å².